The summed E-state index contributed by atoms with van der Waals surface area (Å²) in [6.07, 6.45) is 0. The average Bonchev–Trinajstić information content (AvgIpc) is 2.80. The fourth-order valence-corrected chi connectivity index (χ4v) is 2.93. The van der Waals surface area contributed by atoms with E-state index in [1.54, 1.807) is 6.07 Å². The highest BCUT2D eigenvalue weighted by Crippen LogP contribution is 2.32. The zero-order valence-corrected chi connectivity index (χ0v) is 11.9. The summed E-state index contributed by atoms with van der Waals surface area (Å²) in [4.78, 5) is 4.51. The summed E-state index contributed by atoms with van der Waals surface area (Å²) in [6.45, 7) is 2.04. The molecule has 2 rings (SSSR count). The number of thiazole rings is 1. The molecule has 2 aromatic rings. The highest BCUT2D eigenvalue weighted by molar-refractivity contribution is 9.10. The summed E-state index contributed by atoms with van der Waals surface area (Å²) < 4.78 is 14.1. The van der Waals surface area contributed by atoms with Crippen molar-refractivity contribution in [2.24, 2.45) is 0 Å². The number of hydrogen-bond acceptors (Lipinski definition) is 3. The number of benzene rings is 1. The van der Waals surface area contributed by atoms with Crippen molar-refractivity contribution in [3.05, 3.63) is 39.6 Å². The van der Waals surface area contributed by atoms with Crippen LogP contribution in [-0.4, -0.2) is 12.0 Å². The lowest BCUT2D eigenvalue weighted by Gasteiger charge is -2.05. The van der Waals surface area contributed by atoms with Gasteiger partial charge in [-0.05, 0) is 32.2 Å². The molecule has 1 N–H and O–H groups in total. The van der Waals surface area contributed by atoms with Crippen molar-refractivity contribution in [2.75, 3.05) is 7.05 Å². The van der Waals surface area contributed by atoms with Gasteiger partial charge in [-0.1, -0.05) is 15.9 Å². The number of nitrogens with one attached hydrogen (secondary N) is 1. The van der Waals surface area contributed by atoms with E-state index < -0.39 is 0 Å². The Morgan fingerprint density at radius 3 is 2.94 bits per heavy atom. The van der Waals surface area contributed by atoms with E-state index in [2.05, 4.69) is 26.2 Å². The molecule has 90 valence electrons. The van der Waals surface area contributed by atoms with Crippen molar-refractivity contribution < 1.29 is 4.39 Å². The molecule has 0 saturated heterocycles. The lowest BCUT2D eigenvalue weighted by molar-refractivity contribution is 0.627. The Morgan fingerprint density at radius 2 is 2.24 bits per heavy atom. The molecule has 0 fully saturated rings. The summed E-state index contributed by atoms with van der Waals surface area (Å²) in [6, 6.07) is 4.83. The van der Waals surface area contributed by atoms with Gasteiger partial charge in [0.25, 0.3) is 0 Å². The molecule has 1 aromatic heterocycles. The molecule has 5 heteroatoms. The third-order valence-electron chi connectivity index (χ3n) is 2.56. The van der Waals surface area contributed by atoms with E-state index in [9.17, 15) is 4.39 Å². The van der Waals surface area contributed by atoms with Crippen molar-refractivity contribution in [1.82, 2.24) is 10.3 Å². The maximum atomic E-state index is 13.2. The van der Waals surface area contributed by atoms with Crippen LogP contribution in [0.3, 0.4) is 0 Å². The molecule has 0 aliphatic heterocycles. The molecule has 1 unspecified atom stereocenters. The molecule has 0 aliphatic rings. The van der Waals surface area contributed by atoms with Gasteiger partial charge in [-0.25, -0.2) is 9.37 Å². The molecule has 1 heterocycles. The molecule has 1 aromatic carbocycles. The zero-order chi connectivity index (χ0) is 12.4. The Hall–Kier alpha value is -0.780. The molecule has 0 amide bonds. The van der Waals surface area contributed by atoms with Crippen LogP contribution in [-0.2, 0) is 0 Å². The maximum Gasteiger partial charge on any atom is 0.124 e. The average molecular weight is 315 g/mol. The van der Waals surface area contributed by atoms with Crippen molar-refractivity contribution in [3.8, 4) is 10.6 Å². The molecular weight excluding hydrogens is 303 g/mol. The largest absolute Gasteiger partial charge is 0.312 e. The molecule has 0 bridgehead atoms. The monoisotopic (exact) mass is 314 g/mol. The van der Waals surface area contributed by atoms with Crippen molar-refractivity contribution in [3.63, 3.8) is 0 Å². The van der Waals surface area contributed by atoms with Crippen LogP contribution in [0.4, 0.5) is 4.39 Å². The minimum Gasteiger partial charge on any atom is -0.312 e. The highest BCUT2D eigenvalue weighted by atomic mass is 79.9. The highest BCUT2D eigenvalue weighted by Gasteiger charge is 2.12. The van der Waals surface area contributed by atoms with Gasteiger partial charge < -0.3 is 5.32 Å². The van der Waals surface area contributed by atoms with Crippen molar-refractivity contribution >= 4 is 27.3 Å². The molecule has 17 heavy (non-hydrogen) atoms. The summed E-state index contributed by atoms with van der Waals surface area (Å²) in [5.74, 6) is -0.249. The quantitative estimate of drug-likeness (QED) is 0.926. The SMILES string of the molecule is CNC(C)c1csc(-c2cc(F)ccc2Br)n1. The number of hydrogen-bond donors (Lipinski definition) is 1. The van der Waals surface area contributed by atoms with Crippen molar-refractivity contribution in [1.29, 1.82) is 0 Å². The molecule has 0 aliphatic carbocycles. The first-order valence-corrected chi connectivity index (χ1v) is 6.87. The molecular formula is C12H12BrFN2S. The van der Waals surface area contributed by atoms with Gasteiger partial charge >= 0.3 is 0 Å². The fourth-order valence-electron chi connectivity index (χ4n) is 1.42. The van der Waals surface area contributed by atoms with Gasteiger partial charge in [-0.2, -0.15) is 0 Å². The van der Waals surface area contributed by atoms with E-state index in [1.165, 1.54) is 23.5 Å². The Kier molecular flexibility index (Phi) is 3.91. The predicted octanol–water partition coefficient (Wildman–Crippen LogP) is 3.99. The summed E-state index contributed by atoms with van der Waals surface area (Å²) >= 11 is 4.94. The maximum absolute atomic E-state index is 13.2. The molecule has 2 nitrogen and oxygen atoms in total. The van der Waals surface area contributed by atoms with Crippen LogP contribution in [0.1, 0.15) is 18.7 Å². The Labute approximate surface area is 112 Å². The van der Waals surface area contributed by atoms with E-state index in [4.69, 9.17) is 0 Å². The third-order valence-corrected chi connectivity index (χ3v) is 4.14. The molecule has 1 atom stereocenters. The fraction of sp³-hybridized carbons (Fsp3) is 0.250. The van der Waals surface area contributed by atoms with Gasteiger partial charge in [0.05, 0.1) is 5.69 Å². The van der Waals surface area contributed by atoms with E-state index in [0.29, 0.717) is 0 Å². The first kappa shape index (κ1) is 12.7. The lowest BCUT2D eigenvalue weighted by atomic mass is 10.2. The molecule has 0 saturated carbocycles. The third kappa shape index (κ3) is 2.73. The van der Waals surface area contributed by atoms with E-state index >= 15 is 0 Å². The number of rotatable bonds is 3. The van der Waals surface area contributed by atoms with Crippen LogP contribution in [0.2, 0.25) is 0 Å². The van der Waals surface area contributed by atoms with Crippen molar-refractivity contribution in [2.45, 2.75) is 13.0 Å². The van der Waals surface area contributed by atoms with Gasteiger partial charge in [0.15, 0.2) is 0 Å². The number of nitrogens with zero attached hydrogens (tertiary/aromatic N) is 1. The van der Waals surface area contributed by atoms with Gasteiger partial charge in [-0.3, -0.25) is 0 Å². The van der Waals surface area contributed by atoms with Crippen LogP contribution in [0.15, 0.2) is 28.1 Å². The second-order valence-corrected chi connectivity index (χ2v) is 5.42. The Bertz CT molecular complexity index is 527. The second kappa shape index (κ2) is 5.25. The van der Waals surface area contributed by atoms with Crippen LogP contribution in [0, 0.1) is 5.82 Å². The van der Waals surface area contributed by atoms with E-state index in [-0.39, 0.29) is 11.9 Å². The minimum absolute atomic E-state index is 0.201. The first-order valence-electron chi connectivity index (χ1n) is 5.20. The first-order chi connectivity index (χ1) is 8.11. The normalized spacial score (nSPS) is 12.7. The predicted molar refractivity (Wildman–Crippen MR) is 72.7 cm³/mol. The van der Waals surface area contributed by atoms with E-state index in [1.807, 2.05) is 19.4 Å². The Balaban J connectivity index is 2.40. The van der Waals surface area contributed by atoms with Crippen LogP contribution < -0.4 is 5.32 Å². The van der Waals surface area contributed by atoms with Crippen LogP contribution in [0.5, 0.6) is 0 Å². The lowest BCUT2D eigenvalue weighted by Crippen LogP contribution is -2.12. The van der Waals surface area contributed by atoms with Gasteiger partial charge in [-0.15, -0.1) is 11.3 Å². The Morgan fingerprint density at radius 1 is 1.47 bits per heavy atom. The second-order valence-electron chi connectivity index (χ2n) is 3.71. The smallest absolute Gasteiger partial charge is 0.124 e. The zero-order valence-electron chi connectivity index (χ0n) is 9.50. The summed E-state index contributed by atoms with van der Waals surface area (Å²) in [7, 11) is 1.89. The standard InChI is InChI=1S/C12H12BrFN2S/c1-7(15-2)11-6-17-12(16-11)9-5-8(14)3-4-10(9)13/h3-7,15H,1-2H3. The molecule has 0 radical (unpaired) electrons. The summed E-state index contributed by atoms with van der Waals surface area (Å²) in [5.41, 5.74) is 1.77. The minimum atomic E-state index is -0.249. The van der Waals surface area contributed by atoms with Gasteiger partial charge in [0.2, 0.25) is 0 Å². The van der Waals surface area contributed by atoms with Gasteiger partial charge in [0, 0.05) is 21.5 Å². The van der Waals surface area contributed by atoms with Gasteiger partial charge in [0.1, 0.15) is 10.8 Å². The summed E-state index contributed by atoms with van der Waals surface area (Å²) in [5, 5.41) is 5.95. The number of aromatic nitrogens is 1. The van der Waals surface area contributed by atoms with Crippen LogP contribution in [0.25, 0.3) is 10.6 Å². The number of halogens is 2. The molecule has 0 spiro atoms. The van der Waals surface area contributed by atoms with E-state index in [0.717, 1.165) is 20.7 Å². The van der Waals surface area contributed by atoms with Crippen LogP contribution >= 0.6 is 27.3 Å². The topological polar surface area (TPSA) is 24.9 Å².